The predicted molar refractivity (Wildman–Crippen MR) is 80.6 cm³/mol. The average Bonchev–Trinajstić information content (AvgIpc) is 2.85. The minimum atomic E-state index is -0.160. The number of carbonyl (C=O) groups is 1. The Kier molecular flexibility index (Phi) is 5.90. The Balaban J connectivity index is 1.80. The molecule has 1 amide bonds. The van der Waals surface area contributed by atoms with Gasteiger partial charge in [0, 0.05) is 6.54 Å². The van der Waals surface area contributed by atoms with Crippen LogP contribution in [0.15, 0.2) is 30.3 Å². The number of carbonyl (C=O) groups excluding carboxylic acids is 1. The topological polar surface area (TPSA) is 29.5 Å². The molecule has 1 heterocycles. The van der Waals surface area contributed by atoms with Gasteiger partial charge < -0.3 is 4.74 Å². The minimum Gasteiger partial charge on any atom is -0.447 e. The summed E-state index contributed by atoms with van der Waals surface area (Å²) in [6.07, 6.45) is 7.28. The number of unbranched alkanes of at least 4 members (excludes halogenated alkanes) is 5. The van der Waals surface area contributed by atoms with Crippen LogP contribution >= 0.6 is 0 Å². The molecule has 1 aromatic rings. The first-order valence-electron chi connectivity index (χ1n) is 7.81. The molecule has 3 nitrogen and oxygen atoms in total. The number of hydrogen-bond donors (Lipinski definition) is 0. The van der Waals surface area contributed by atoms with E-state index in [0.717, 1.165) is 13.0 Å². The molecule has 1 atom stereocenters. The summed E-state index contributed by atoms with van der Waals surface area (Å²) in [5.41, 5.74) is 1.17. The van der Waals surface area contributed by atoms with Crippen molar-refractivity contribution in [2.75, 3.05) is 13.2 Å². The first kappa shape index (κ1) is 14.9. The number of benzene rings is 1. The molecule has 1 fully saturated rings. The quantitative estimate of drug-likeness (QED) is 0.652. The Morgan fingerprint density at radius 3 is 2.55 bits per heavy atom. The smallest absolute Gasteiger partial charge is 0.410 e. The van der Waals surface area contributed by atoms with Crippen molar-refractivity contribution in [1.82, 2.24) is 4.90 Å². The van der Waals surface area contributed by atoms with E-state index in [-0.39, 0.29) is 12.1 Å². The molecule has 1 aliphatic rings. The van der Waals surface area contributed by atoms with E-state index in [1.165, 1.54) is 37.7 Å². The second-order valence-electron chi connectivity index (χ2n) is 5.46. The van der Waals surface area contributed by atoms with Crippen molar-refractivity contribution in [3.63, 3.8) is 0 Å². The van der Waals surface area contributed by atoms with Crippen molar-refractivity contribution in [1.29, 1.82) is 0 Å². The minimum absolute atomic E-state index is 0.0966. The lowest BCUT2D eigenvalue weighted by Crippen LogP contribution is -2.28. The van der Waals surface area contributed by atoms with Crippen LogP contribution in [0.25, 0.3) is 0 Å². The van der Waals surface area contributed by atoms with Gasteiger partial charge >= 0.3 is 6.09 Å². The number of amides is 1. The van der Waals surface area contributed by atoms with Crippen molar-refractivity contribution in [2.45, 2.75) is 51.5 Å². The van der Waals surface area contributed by atoms with Gasteiger partial charge in [-0.15, -0.1) is 0 Å². The van der Waals surface area contributed by atoms with Crippen LogP contribution in [0, 0.1) is 0 Å². The van der Waals surface area contributed by atoms with Gasteiger partial charge in [-0.1, -0.05) is 69.4 Å². The fourth-order valence-electron chi connectivity index (χ4n) is 2.71. The second-order valence-corrected chi connectivity index (χ2v) is 5.46. The van der Waals surface area contributed by atoms with E-state index in [4.69, 9.17) is 4.74 Å². The van der Waals surface area contributed by atoms with Gasteiger partial charge in [0.2, 0.25) is 0 Å². The van der Waals surface area contributed by atoms with E-state index < -0.39 is 0 Å². The molecule has 0 bridgehead atoms. The maximum atomic E-state index is 11.8. The molecule has 0 radical (unpaired) electrons. The van der Waals surface area contributed by atoms with Crippen LogP contribution in [0.4, 0.5) is 4.79 Å². The zero-order valence-corrected chi connectivity index (χ0v) is 12.4. The summed E-state index contributed by atoms with van der Waals surface area (Å²) in [5.74, 6) is 0. The third kappa shape index (κ3) is 3.99. The van der Waals surface area contributed by atoms with Crippen LogP contribution < -0.4 is 0 Å². The maximum Gasteiger partial charge on any atom is 0.410 e. The Bertz CT molecular complexity index is 405. The van der Waals surface area contributed by atoms with Crippen molar-refractivity contribution in [2.24, 2.45) is 0 Å². The predicted octanol–water partition coefficient (Wildman–Crippen LogP) is 4.54. The van der Waals surface area contributed by atoms with E-state index in [2.05, 4.69) is 19.1 Å². The van der Waals surface area contributed by atoms with Crippen LogP contribution in [-0.4, -0.2) is 24.1 Å². The first-order valence-corrected chi connectivity index (χ1v) is 7.81. The van der Waals surface area contributed by atoms with Gasteiger partial charge in [0.25, 0.3) is 0 Å². The highest BCUT2D eigenvalue weighted by molar-refractivity contribution is 5.70. The van der Waals surface area contributed by atoms with Gasteiger partial charge in [-0.3, -0.25) is 4.90 Å². The monoisotopic (exact) mass is 275 g/mol. The first-order chi connectivity index (χ1) is 9.83. The SMILES string of the molecule is CCCCCCCCN1C(=O)OCC1c1ccccc1. The molecule has 1 aromatic carbocycles. The highest BCUT2D eigenvalue weighted by Crippen LogP contribution is 2.27. The van der Waals surface area contributed by atoms with Crippen molar-refractivity contribution in [3.05, 3.63) is 35.9 Å². The summed E-state index contributed by atoms with van der Waals surface area (Å²) in [5, 5.41) is 0. The van der Waals surface area contributed by atoms with Gasteiger partial charge in [0.1, 0.15) is 6.61 Å². The highest BCUT2D eigenvalue weighted by Gasteiger charge is 2.33. The van der Waals surface area contributed by atoms with Crippen LogP contribution in [0.3, 0.4) is 0 Å². The molecule has 3 heteroatoms. The van der Waals surface area contributed by atoms with Crippen LogP contribution in [0.1, 0.15) is 57.1 Å². The summed E-state index contributed by atoms with van der Waals surface area (Å²) in [6.45, 7) is 3.52. The van der Waals surface area contributed by atoms with Crippen molar-refractivity contribution in [3.8, 4) is 0 Å². The molecule has 1 saturated heterocycles. The molecule has 1 aliphatic heterocycles. The molecular weight excluding hydrogens is 250 g/mol. The molecule has 0 spiro atoms. The van der Waals surface area contributed by atoms with Crippen LogP contribution in [0.5, 0.6) is 0 Å². The Hall–Kier alpha value is -1.51. The van der Waals surface area contributed by atoms with Gasteiger partial charge in [-0.05, 0) is 12.0 Å². The summed E-state index contributed by atoms with van der Waals surface area (Å²) >= 11 is 0. The summed E-state index contributed by atoms with van der Waals surface area (Å²) in [6, 6.07) is 10.3. The number of rotatable bonds is 8. The van der Waals surface area contributed by atoms with Crippen LogP contribution in [-0.2, 0) is 4.74 Å². The van der Waals surface area contributed by atoms with Crippen LogP contribution in [0.2, 0.25) is 0 Å². The molecule has 0 saturated carbocycles. The van der Waals surface area contributed by atoms with Crippen molar-refractivity contribution < 1.29 is 9.53 Å². The zero-order valence-electron chi connectivity index (χ0n) is 12.4. The van der Waals surface area contributed by atoms with Gasteiger partial charge in [-0.25, -0.2) is 4.79 Å². The normalized spacial score (nSPS) is 18.4. The van der Waals surface area contributed by atoms with E-state index in [1.54, 1.807) is 0 Å². The third-order valence-corrected chi connectivity index (χ3v) is 3.91. The van der Waals surface area contributed by atoms with Gasteiger partial charge in [0.05, 0.1) is 6.04 Å². The Morgan fingerprint density at radius 2 is 1.80 bits per heavy atom. The molecular formula is C17H25NO2. The molecule has 2 rings (SSSR count). The fraction of sp³-hybridized carbons (Fsp3) is 0.588. The van der Waals surface area contributed by atoms with Gasteiger partial charge in [0.15, 0.2) is 0 Å². The van der Waals surface area contributed by atoms with Crippen molar-refractivity contribution >= 4 is 6.09 Å². The molecule has 110 valence electrons. The van der Waals surface area contributed by atoms with E-state index in [0.29, 0.717) is 6.61 Å². The Morgan fingerprint density at radius 1 is 1.10 bits per heavy atom. The van der Waals surface area contributed by atoms with E-state index in [9.17, 15) is 4.79 Å². The number of ether oxygens (including phenoxy) is 1. The fourth-order valence-corrected chi connectivity index (χ4v) is 2.71. The average molecular weight is 275 g/mol. The summed E-state index contributed by atoms with van der Waals surface area (Å²) in [7, 11) is 0. The standard InChI is InChI=1S/C17H25NO2/c1-2-3-4-5-6-10-13-18-16(14-20-17(18)19)15-11-8-7-9-12-15/h7-9,11-12,16H,2-6,10,13-14H2,1H3. The zero-order chi connectivity index (χ0) is 14.2. The molecule has 0 aliphatic carbocycles. The number of cyclic esters (lactones) is 1. The second kappa shape index (κ2) is 7.93. The molecule has 20 heavy (non-hydrogen) atoms. The number of nitrogens with zero attached hydrogens (tertiary/aromatic N) is 1. The Labute approximate surface area is 121 Å². The third-order valence-electron chi connectivity index (χ3n) is 3.91. The largest absolute Gasteiger partial charge is 0.447 e. The van der Waals surface area contributed by atoms with E-state index in [1.807, 2.05) is 23.1 Å². The molecule has 0 N–H and O–H groups in total. The van der Waals surface area contributed by atoms with Gasteiger partial charge in [-0.2, -0.15) is 0 Å². The molecule has 1 unspecified atom stereocenters. The lowest BCUT2D eigenvalue weighted by atomic mass is 10.1. The molecule has 0 aromatic heterocycles. The lowest BCUT2D eigenvalue weighted by Gasteiger charge is -2.21. The highest BCUT2D eigenvalue weighted by atomic mass is 16.6. The summed E-state index contributed by atoms with van der Waals surface area (Å²) in [4.78, 5) is 13.7. The van der Waals surface area contributed by atoms with E-state index >= 15 is 0 Å². The number of hydrogen-bond acceptors (Lipinski definition) is 2. The lowest BCUT2D eigenvalue weighted by molar-refractivity contribution is 0.157. The maximum absolute atomic E-state index is 11.8. The summed E-state index contributed by atoms with van der Waals surface area (Å²) < 4.78 is 5.22.